The molecule has 1 aliphatic heterocycles. The lowest BCUT2D eigenvalue weighted by atomic mass is 9.95. The van der Waals surface area contributed by atoms with Crippen molar-refractivity contribution in [2.45, 2.75) is 30.0 Å². The Labute approximate surface area is 250 Å². The smallest absolute Gasteiger partial charge is 0.338 e. The molecule has 0 aliphatic carbocycles. The lowest BCUT2D eigenvalue weighted by Gasteiger charge is -2.25. The maximum atomic E-state index is 14.2. The standard InChI is InChI=1S/C34H27FN2O3S2/c1-3-27-30(33(39)40-2)31(21-11-5-4-6-12-21)37-32(38)29(42-34(37)36-27)19-22-17-18-28(25-15-9-8-14-24(22)25)41-20-23-13-7-10-16-26(23)35/h4-19,31H,3,20H2,1-2H3/b29-19-/t31-/m0/s1. The van der Waals surface area contributed by atoms with Gasteiger partial charge in [-0.25, -0.2) is 14.2 Å². The number of carbonyl (C=O) groups excluding carboxylic acids is 1. The van der Waals surface area contributed by atoms with E-state index < -0.39 is 12.0 Å². The molecule has 4 aromatic carbocycles. The highest BCUT2D eigenvalue weighted by molar-refractivity contribution is 7.98. The summed E-state index contributed by atoms with van der Waals surface area (Å²) in [6.45, 7) is 1.94. The lowest BCUT2D eigenvalue weighted by Crippen LogP contribution is -2.40. The molecule has 210 valence electrons. The molecule has 5 aromatic rings. The number of hydrogen-bond acceptors (Lipinski definition) is 6. The zero-order chi connectivity index (χ0) is 29.2. The van der Waals surface area contributed by atoms with Gasteiger partial charge in [0.2, 0.25) is 0 Å². The highest BCUT2D eigenvalue weighted by atomic mass is 32.2. The number of thiazole rings is 1. The van der Waals surface area contributed by atoms with E-state index in [0.29, 0.717) is 38.3 Å². The molecule has 6 rings (SSSR count). The number of nitrogens with zero attached hydrogens (tertiary/aromatic N) is 2. The first kappa shape index (κ1) is 27.9. The molecule has 0 spiro atoms. The maximum absolute atomic E-state index is 14.2. The molecule has 0 N–H and O–H groups in total. The van der Waals surface area contributed by atoms with E-state index >= 15 is 0 Å². The zero-order valence-electron chi connectivity index (χ0n) is 23.0. The largest absolute Gasteiger partial charge is 0.466 e. The molecule has 0 saturated carbocycles. The number of fused-ring (bicyclic) bond motifs is 2. The van der Waals surface area contributed by atoms with E-state index in [1.165, 1.54) is 24.5 Å². The molecule has 0 unspecified atom stereocenters. The molecular formula is C34H27FN2O3S2. The number of ether oxygens (including phenoxy) is 1. The quantitative estimate of drug-likeness (QED) is 0.162. The number of allylic oxidation sites excluding steroid dienone is 1. The van der Waals surface area contributed by atoms with Crippen molar-refractivity contribution in [3.63, 3.8) is 0 Å². The van der Waals surface area contributed by atoms with Crippen LogP contribution in [0.4, 0.5) is 4.39 Å². The number of aromatic nitrogens is 1. The Morgan fingerprint density at radius 2 is 1.71 bits per heavy atom. The van der Waals surface area contributed by atoms with Gasteiger partial charge in [0, 0.05) is 10.6 Å². The number of hydrogen-bond donors (Lipinski definition) is 0. The van der Waals surface area contributed by atoms with Gasteiger partial charge in [-0.15, -0.1) is 11.8 Å². The third-order valence-corrected chi connectivity index (χ3v) is 9.42. The monoisotopic (exact) mass is 594 g/mol. The summed E-state index contributed by atoms with van der Waals surface area (Å²) in [7, 11) is 1.35. The second-order valence-electron chi connectivity index (χ2n) is 9.78. The fourth-order valence-corrected chi connectivity index (χ4v) is 7.33. The molecule has 42 heavy (non-hydrogen) atoms. The van der Waals surface area contributed by atoms with Crippen LogP contribution >= 0.6 is 23.1 Å². The molecule has 0 amide bonds. The molecule has 1 atom stereocenters. The lowest BCUT2D eigenvalue weighted by molar-refractivity contribution is -0.136. The Morgan fingerprint density at radius 3 is 2.45 bits per heavy atom. The van der Waals surface area contributed by atoms with Crippen LogP contribution < -0.4 is 14.9 Å². The Morgan fingerprint density at radius 1 is 1.00 bits per heavy atom. The second-order valence-corrected chi connectivity index (χ2v) is 11.8. The van der Waals surface area contributed by atoms with Crippen molar-refractivity contribution in [2.75, 3.05) is 7.11 Å². The molecule has 0 fully saturated rings. The van der Waals surface area contributed by atoms with Gasteiger partial charge in [-0.05, 0) is 52.1 Å². The Bertz CT molecular complexity index is 2030. The van der Waals surface area contributed by atoms with E-state index in [0.717, 1.165) is 26.8 Å². The minimum absolute atomic E-state index is 0.211. The van der Waals surface area contributed by atoms with E-state index in [-0.39, 0.29) is 11.4 Å². The average Bonchev–Trinajstić information content (AvgIpc) is 3.34. The molecule has 5 nitrogen and oxygen atoms in total. The third kappa shape index (κ3) is 5.12. The van der Waals surface area contributed by atoms with Gasteiger partial charge in [-0.3, -0.25) is 9.36 Å². The van der Waals surface area contributed by atoms with Crippen molar-refractivity contribution in [3.8, 4) is 0 Å². The van der Waals surface area contributed by atoms with E-state index in [4.69, 9.17) is 9.73 Å². The first-order valence-electron chi connectivity index (χ1n) is 13.6. The normalized spacial score (nSPS) is 15.0. The summed E-state index contributed by atoms with van der Waals surface area (Å²) < 4.78 is 21.5. The van der Waals surface area contributed by atoms with Gasteiger partial charge in [0.05, 0.1) is 29.0 Å². The van der Waals surface area contributed by atoms with E-state index in [2.05, 4.69) is 0 Å². The predicted octanol–water partition coefficient (Wildman–Crippen LogP) is 6.38. The zero-order valence-corrected chi connectivity index (χ0v) is 24.7. The first-order chi connectivity index (χ1) is 20.5. The molecule has 0 radical (unpaired) electrons. The van der Waals surface area contributed by atoms with Gasteiger partial charge in [0.15, 0.2) is 4.80 Å². The van der Waals surface area contributed by atoms with Gasteiger partial charge < -0.3 is 4.74 Å². The van der Waals surface area contributed by atoms with Crippen molar-refractivity contribution < 1.29 is 13.9 Å². The fourth-order valence-electron chi connectivity index (χ4n) is 5.27. The van der Waals surface area contributed by atoms with Crippen molar-refractivity contribution in [1.29, 1.82) is 0 Å². The van der Waals surface area contributed by atoms with Crippen LogP contribution in [0, 0.1) is 5.82 Å². The maximum Gasteiger partial charge on any atom is 0.338 e. The number of rotatable bonds is 7. The average molecular weight is 595 g/mol. The van der Waals surface area contributed by atoms with E-state index in [1.54, 1.807) is 28.5 Å². The summed E-state index contributed by atoms with van der Waals surface area (Å²) in [6.07, 6.45) is 2.42. The van der Waals surface area contributed by atoms with Crippen molar-refractivity contribution in [2.24, 2.45) is 4.99 Å². The molecule has 0 bridgehead atoms. The molecule has 8 heteroatoms. The van der Waals surface area contributed by atoms with Crippen LogP contribution in [0.15, 0.2) is 117 Å². The first-order valence-corrected chi connectivity index (χ1v) is 15.4. The summed E-state index contributed by atoms with van der Waals surface area (Å²) in [6, 6.07) is 27.7. The van der Waals surface area contributed by atoms with Gasteiger partial charge in [0.25, 0.3) is 5.56 Å². The Balaban J connectivity index is 1.47. The van der Waals surface area contributed by atoms with Crippen LogP contribution in [0.1, 0.15) is 36.1 Å². The SMILES string of the molecule is CCC1=C(C(=O)OC)[C@H](c2ccccc2)n2c(s/c(=C\c3ccc(SCc4ccccc4F)c4ccccc34)c2=O)=N1. The van der Waals surface area contributed by atoms with Crippen molar-refractivity contribution in [1.82, 2.24) is 4.57 Å². The second kappa shape index (κ2) is 11.9. The number of benzene rings is 4. The number of esters is 1. The Hall–Kier alpha value is -4.27. The van der Waals surface area contributed by atoms with Crippen LogP contribution in [0.25, 0.3) is 16.8 Å². The minimum atomic E-state index is -0.638. The number of methoxy groups -OCH3 is 1. The van der Waals surface area contributed by atoms with Gasteiger partial charge in [0.1, 0.15) is 5.82 Å². The van der Waals surface area contributed by atoms with Crippen LogP contribution in [0.3, 0.4) is 0 Å². The van der Waals surface area contributed by atoms with Gasteiger partial charge in [-0.2, -0.15) is 0 Å². The predicted molar refractivity (Wildman–Crippen MR) is 167 cm³/mol. The van der Waals surface area contributed by atoms with Gasteiger partial charge >= 0.3 is 5.97 Å². The summed E-state index contributed by atoms with van der Waals surface area (Å²) in [5.74, 6) is -0.193. The number of halogens is 1. The summed E-state index contributed by atoms with van der Waals surface area (Å²) >= 11 is 2.89. The third-order valence-electron chi connectivity index (χ3n) is 7.31. The highest BCUT2D eigenvalue weighted by Gasteiger charge is 2.33. The molecule has 1 aromatic heterocycles. The fraction of sp³-hybridized carbons (Fsp3) is 0.147. The number of thioether (sulfide) groups is 1. The highest BCUT2D eigenvalue weighted by Crippen LogP contribution is 2.34. The van der Waals surface area contributed by atoms with E-state index in [9.17, 15) is 14.0 Å². The van der Waals surface area contributed by atoms with Gasteiger partial charge in [-0.1, -0.05) is 97.1 Å². The van der Waals surface area contributed by atoms with Crippen LogP contribution in [0.5, 0.6) is 0 Å². The summed E-state index contributed by atoms with van der Waals surface area (Å²) in [5, 5.41) is 2.02. The molecular weight excluding hydrogens is 568 g/mol. The summed E-state index contributed by atoms with van der Waals surface area (Å²) in [5.41, 5.74) is 3.14. The van der Waals surface area contributed by atoms with Crippen LogP contribution in [-0.2, 0) is 15.3 Å². The van der Waals surface area contributed by atoms with Crippen LogP contribution in [0.2, 0.25) is 0 Å². The topological polar surface area (TPSA) is 60.7 Å². The van der Waals surface area contributed by atoms with Crippen LogP contribution in [-0.4, -0.2) is 17.6 Å². The molecule has 2 heterocycles. The Kier molecular flexibility index (Phi) is 7.91. The minimum Gasteiger partial charge on any atom is -0.466 e. The van der Waals surface area contributed by atoms with E-state index in [1.807, 2.05) is 85.8 Å². The van der Waals surface area contributed by atoms with Crippen molar-refractivity contribution >= 4 is 45.9 Å². The molecule has 0 saturated heterocycles. The summed E-state index contributed by atoms with van der Waals surface area (Å²) in [4.78, 5) is 33.3. The van der Waals surface area contributed by atoms with Crippen molar-refractivity contribution in [3.05, 3.63) is 144 Å². The molecule has 1 aliphatic rings. The number of carbonyl (C=O) groups is 1.